The van der Waals surface area contributed by atoms with Crippen LogP contribution in [-0.2, 0) is 0 Å². The minimum Gasteiger partial charge on any atom is -0.0882 e. The van der Waals surface area contributed by atoms with Gasteiger partial charge in [0.1, 0.15) is 0 Å². The Kier molecular flexibility index (Phi) is 3.44. The van der Waals surface area contributed by atoms with E-state index in [4.69, 9.17) is 0 Å². The Balaban J connectivity index is 1.68. The summed E-state index contributed by atoms with van der Waals surface area (Å²) in [6.45, 7) is 2.27. The van der Waals surface area contributed by atoms with E-state index >= 15 is 0 Å². The van der Waals surface area contributed by atoms with Crippen LogP contribution >= 0.6 is 0 Å². The van der Waals surface area contributed by atoms with Crippen LogP contribution in [0.15, 0.2) is 24.3 Å². The van der Waals surface area contributed by atoms with Crippen molar-refractivity contribution in [3.63, 3.8) is 0 Å². The molecular formula is C14H22. The summed E-state index contributed by atoms with van der Waals surface area (Å²) in [5.74, 6) is 2.69. The van der Waals surface area contributed by atoms with Gasteiger partial charge in [0.15, 0.2) is 0 Å². The predicted octanol–water partition coefficient (Wildman–Crippen LogP) is 4.34. The molecule has 3 atom stereocenters. The van der Waals surface area contributed by atoms with E-state index in [1.54, 1.807) is 0 Å². The second-order valence-corrected chi connectivity index (χ2v) is 4.87. The molecule has 0 nitrogen and oxygen atoms in total. The summed E-state index contributed by atoms with van der Waals surface area (Å²) in [7, 11) is 0. The first-order chi connectivity index (χ1) is 6.90. The summed E-state index contributed by atoms with van der Waals surface area (Å²) >= 11 is 0. The van der Waals surface area contributed by atoms with Gasteiger partial charge < -0.3 is 0 Å². The van der Waals surface area contributed by atoms with Gasteiger partial charge in [0, 0.05) is 0 Å². The van der Waals surface area contributed by atoms with Crippen molar-refractivity contribution in [2.24, 2.45) is 17.8 Å². The molecule has 0 aromatic carbocycles. The zero-order valence-electron chi connectivity index (χ0n) is 9.28. The third-order valence-corrected chi connectivity index (χ3v) is 3.69. The largest absolute Gasteiger partial charge is 0.0882 e. The second kappa shape index (κ2) is 4.82. The lowest BCUT2D eigenvalue weighted by Gasteiger charge is -2.12. The quantitative estimate of drug-likeness (QED) is 0.447. The summed E-state index contributed by atoms with van der Waals surface area (Å²) in [5, 5.41) is 0. The molecule has 2 aliphatic carbocycles. The molecule has 1 saturated carbocycles. The number of fused-ring (bicyclic) bond motifs is 2. The van der Waals surface area contributed by atoms with Crippen LogP contribution in [0.1, 0.15) is 45.4 Å². The highest BCUT2D eigenvalue weighted by molar-refractivity contribution is 5.14. The van der Waals surface area contributed by atoms with Gasteiger partial charge in [0.25, 0.3) is 0 Å². The van der Waals surface area contributed by atoms with E-state index in [9.17, 15) is 0 Å². The molecular weight excluding hydrogens is 168 g/mol. The van der Waals surface area contributed by atoms with Crippen molar-refractivity contribution in [1.82, 2.24) is 0 Å². The molecule has 0 spiro atoms. The highest BCUT2D eigenvalue weighted by atomic mass is 14.4. The van der Waals surface area contributed by atoms with E-state index in [2.05, 4.69) is 31.2 Å². The molecule has 2 bridgehead atoms. The fraction of sp³-hybridized carbons (Fsp3) is 0.714. The second-order valence-electron chi connectivity index (χ2n) is 4.87. The molecule has 2 aliphatic rings. The topological polar surface area (TPSA) is 0 Å². The lowest BCUT2D eigenvalue weighted by atomic mass is 9.93. The fourth-order valence-corrected chi connectivity index (χ4v) is 2.83. The van der Waals surface area contributed by atoms with E-state index in [0.717, 1.165) is 17.8 Å². The maximum absolute atomic E-state index is 2.49. The summed E-state index contributed by atoms with van der Waals surface area (Å²) in [6, 6.07) is 0. The molecule has 1 fully saturated rings. The number of rotatable bonds is 5. The molecule has 0 radical (unpaired) electrons. The normalized spacial score (nSPS) is 34.8. The van der Waals surface area contributed by atoms with Crippen molar-refractivity contribution in [3.8, 4) is 0 Å². The van der Waals surface area contributed by atoms with Crippen molar-refractivity contribution in [3.05, 3.63) is 24.3 Å². The maximum atomic E-state index is 2.49. The predicted molar refractivity (Wildman–Crippen MR) is 62.1 cm³/mol. The van der Waals surface area contributed by atoms with Gasteiger partial charge in [-0.1, -0.05) is 44.1 Å². The molecule has 0 heteroatoms. The Labute approximate surface area is 88.1 Å². The third kappa shape index (κ3) is 2.29. The standard InChI is InChI=1S/C14H22/c1-2-3-4-5-6-7-13-10-12-8-9-14(13)11-12/h6-9,12-14H,2-5,10-11H2,1H3/b7-6+. The average Bonchev–Trinajstić information content (AvgIpc) is 2.79. The number of allylic oxidation sites excluding steroid dienone is 4. The Morgan fingerprint density at radius 1 is 1.21 bits per heavy atom. The average molecular weight is 190 g/mol. The Bertz CT molecular complexity index is 224. The summed E-state index contributed by atoms with van der Waals surface area (Å²) in [5.41, 5.74) is 0. The molecule has 0 aromatic rings. The summed E-state index contributed by atoms with van der Waals surface area (Å²) in [6.07, 6.45) is 18.0. The van der Waals surface area contributed by atoms with Gasteiger partial charge in [0.05, 0.1) is 0 Å². The van der Waals surface area contributed by atoms with E-state index in [0.29, 0.717) is 0 Å². The van der Waals surface area contributed by atoms with E-state index in [1.807, 2.05) is 0 Å². The summed E-state index contributed by atoms with van der Waals surface area (Å²) < 4.78 is 0. The van der Waals surface area contributed by atoms with Crippen LogP contribution in [0.4, 0.5) is 0 Å². The van der Waals surface area contributed by atoms with Crippen LogP contribution in [0.5, 0.6) is 0 Å². The van der Waals surface area contributed by atoms with Gasteiger partial charge in [-0.2, -0.15) is 0 Å². The van der Waals surface area contributed by atoms with Gasteiger partial charge in [-0.3, -0.25) is 0 Å². The van der Waals surface area contributed by atoms with Gasteiger partial charge in [-0.25, -0.2) is 0 Å². The van der Waals surface area contributed by atoms with Crippen molar-refractivity contribution in [2.45, 2.75) is 45.4 Å². The third-order valence-electron chi connectivity index (χ3n) is 3.69. The zero-order valence-corrected chi connectivity index (χ0v) is 9.28. The van der Waals surface area contributed by atoms with E-state index in [-0.39, 0.29) is 0 Å². The lowest BCUT2D eigenvalue weighted by Crippen LogP contribution is -2.02. The minimum atomic E-state index is 0.881. The van der Waals surface area contributed by atoms with Gasteiger partial charge in [-0.05, 0) is 43.4 Å². The molecule has 0 aromatic heterocycles. The molecule has 14 heavy (non-hydrogen) atoms. The van der Waals surface area contributed by atoms with Crippen LogP contribution in [0.3, 0.4) is 0 Å². The fourth-order valence-electron chi connectivity index (χ4n) is 2.83. The van der Waals surface area contributed by atoms with Crippen molar-refractivity contribution >= 4 is 0 Å². The van der Waals surface area contributed by atoms with Crippen LogP contribution in [-0.4, -0.2) is 0 Å². The van der Waals surface area contributed by atoms with Crippen LogP contribution in [0.2, 0.25) is 0 Å². The first-order valence-corrected chi connectivity index (χ1v) is 6.25. The SMILES string of the molecule is CCCCC/C=C/C1CC2C=CC1C2. The molecule has 0 heterocycles. The molecule has 3 unspecified atom stereocenters. The number of hydrogen-bond acceptors (Lipinski definition) is 0. The Morgan fingerprint density at radius 2 is 2.14 bits per heavy atom. The van der Waals surface area contributed by atoms with Crippen molar-refractivity contribution in [1.29, 1.82) is 0 Å². The Hall–Kier alpha value is -0.520. The minimum absolute atomic E-state index is 0.881. The highest BCUT2D eigenvalue weighted by Crippen LogP contribution is 2.43. The summed E-state index contributed by atoms with van der Waals surface area (Å²) in [4.78, 5) is 0. The number of hydrogen-bond donors (Lipinski definition) is 0. The molecule has 2 rings (SSSR count). The van der Waals surface area contributed by atoms with E-state index in [1.165, 1.54) is 38.5 Å². The molecule has 0 N–H and O–H groups in total. The van der Waals surface area contributed by atoms with E-state index < -0.39 is 0 Å². The van der Waals surface area contributed by atoms with Crippen LogP contribution in [0, 0.1) is 17.8 Å². The first-order valence-electron chi connectivity index (χ1n) is 6.25. The molecule has 0 aliphatic heterocycles. The van der Waals surface area contributed by atoms with Crippen LogP contribution < -0.4 is 0 Å². The monoisotopic (exact) mass is 190 g/mol. The first kappa shape index (κ1) is 10.0. The van der Waals surface area contributed by atoms with Gasteiger partial charge in [0.2, 0.25) is 0 Å². The number of unbranched alkanes of at least 4 members (excludes halogenated alkanes) is 3. The van der Waals surface area contributed by atoms with Gasteiger partial charge in [-0.15, -0.1) is 0 Å². The van der Waals surface area contributed by atoms with Gasteiger partial charge >= 0.3 is 0 Å². The van der Waals surface area contributed by atoms with Crippen molar-refractivity contribution < 1.29 is 0 Å². The molecule has 0 saturated heterocycles. The zero-order chi connectivity index (χ0) is 9.80. The smallest absolute Gasteiger partial charge is 0.0165 e. The maximum Gasteiger partial charge on any atom is -0.0165 e. The van der Waals surface area contributed by atoms with Crippen LogP contribution in [0.25, 0.3) is 0 Å². The Morgan fingerprint density at radius 3 is 2.79 bits per heavy atom. The van der Waals surface area contributed by atoms with Crippen molar-refractivity contribution in [2.75, 3.05) is 0 Å². The molecule has 0 amide bonds. The highest BCUT2D eigenvalue weighted by Gasteiger charge is 2.33. The molecule has 78 valence electrons. The lowest BCUT2D eigenvalue weighted by molar-refractivity contribution is 0.547.